The molecule has 0 spiro atoms. The molecule has 144 valence electrons. The van der Waals surface area contributed by atoms with Gasteiger partial charge in [-0.3, -0.25) is 4.79 Å². The van der Waals surface area contributed by atoms with E-state index >= 15 is 0 Å². The van der Waals surface area contributed by atoms with Crippen molar-refractivity contribution in [1.29, 1.82) is 0 Å². The highest BCUT2D eigenvalue weighted by Crippen LogP contribution is 2.27. The minimum absolute atomic E-state index is 0.0888. The first-order valence-corrected chi connectivity index (χ1v) is 9.63. The number of benzene rings is 1. The normalized spacial score (nSPS) is 16.4. The molecule has 7 heteroatoms. The smallest absolute Gasteiger partial charge is 0.254 e. The number of amides is 1. The van der Waals surface area contributed by atoms with Gasteiger partial charge in [0.05, 0.1) is 23.4 Å². The molecule has 27 heavy (non-hydrogen) atoms. The molecule has 2 N–H and O–H groups in total. The van der Waals surface area contributed by atoms with Crippen molar-refractivity contribution in [2.75, 3.05) is 7.11 Å². The van der Waals surface area contributed by atoms with Crippen LogP contribution in [0.3, 0.4) is 0 Å². The topological polar surface area (TPSA) is 84.3 Å². The molecule has 3 rings (SSSR count). The third-order valence-electron chi connectivity index (χ3n) is 4.98. The zero-order chi connectivity index (χ0) is 19.2. The van der Waals surface area contributed by atoms with E-state index in [0.29, 0.717) is 27.7 Å². The summed E-state index contributed by atoms with van der Waals surface area (Å²) in [5, 5.41) is 21.5. The lowest BCUT2D eigenvalue weighted by molar-refractivity contribution is 0.0532. The molecule has 1 saturated carbocycles. The molecule has 1 aliphatic carbocycles. The summed E-state index contributed by atoms with van der Waals surface area (Å²) in [7, 11) is 1.52. The van der Waals surface area contributed by atoms with Gasteiger partial charge in [0.2, 0.25) is 5.88 Å². The number of carbonyl (C=O) groups is 1. The highest BCUT2D eigenvalue weighted by Gasteiger charge is 2.23. The number of aliphatic hydroxyl groups excluding tert-OH is 1. The number of rotatable bonds is 5. The van der Waals surface area contributed by atoms with Crippen LogP contribution in [0.4, 0.5) is 0 Å². The Hall–Kier alpha value is -2.18. The van der Waals surface area contributed by atoms with Crippen LogP contribution in [0.2, 0.25) is 5.02 Å². The maximum atomic E-state index is 12.7. The molecule has 0 radical (unpaired) electrons. The van der Waals surface area contributed by atoms with E-state index in [1.54, 1.807) is 30.3 Å². The van der Waals surface area contributed by atoms with E-state index in [4.69, 9.17) is 16.3 Å². The molecule has 1 heterocycles. The van der Waals surface area contributed by atoms with Gasteiger partial charge in [-0.15, -0.1) is 10.2 Å². The summed E-state index contributed by atoms with van der Waals surface area (Å²) in [5.41, 5.74) is 1.62. The first-order valence-electron chi connectivity index (χ1n) is 9.25. The van der Waals surface area contributed by atoms with Crippen LogP contribution in [-0.2, 0) is 0 Å². The Morgan fingerprint density at radius 3 is 2.56 bits per heavy atom. The Labute approximate surface area is 163 Å². The van der Waals surface area contributed by atoms with Crippen molar-refractivity contribution in [3.05, 3.63) is 40.9 Å². The van der Waals surface area contributed by atoms with Gasteiger partial charge in [-0.25, -0.2) is 0 Å². The number of aliphatic hydroxyl groups is 1. The molecule has 6 nitrogen and oxygen atoms in total. The van der Waals surface area contributed by atoms with Crippen LogP contribution in [0.5, 0.6) is 5.88 Å². The number of halogens is 1. The first kappa shape index (κ1) is 19.6. The molecule has 1 aromatic heterocycles. The molecular weight excluding hydrogens is 366 g/mol. The Balaban J connectivity index is 1.75. The second-order valence-corrected chi connectivity index (χ2v) is 7.23. The van der Waals surface area contributed by atoms with E-state index in [0.717, 1.165) is 25.7 Å². The molecule has 0 saturated heterocycles. The molecule has 1 fully saturated rings. The number of carbonyl (C=O) groups excluding carboxylic acids is 1. The van der Waals surface area contributed by atoms with Crippen LogP contribution in [0.15, 0.2) is 30.3 Å². The maximum absolute atomic E-state index is 12.7. The number of nitrogens with zero attached hydrogens (tertiary/aromatic N) is 2. The highest BCUT2D eigenvalue weighted by molar-refractivity contribution is 6.34. The highest BCUT2D eigenvalue weighted by atomic mass is 35.5. The number of hydrogen-bond donors (Lipinski definition) is 2. The van der Waals surface area contributed by atoms with Gasteiger partial charge in [0.1, 0.15) is 6.23 Å². The minimum Gasteiger partial charge on any atom is -0.480 e. The van der Waals surface area contributed by atoms with Crippen molar-refractivity contribution in [1.82, 2.24) is 15.5 Å². The Morgan fingerprint density at radius 2 is 1.93 bits per heavy atom. The van der Waals surface area contributed by atoms with E-state index in [9.17, 15) is 9.90 Å². The zero-order valence-electron chi connectivity index (χ0n) is 15.3. The van der Waals surface area contributed by atoms with Gasteiger partial charge in [-0.2, -0.15) is 0 Å². The van der Waals surface area contributed by atoms with Gasteiger partial charge in [0.15, 0.2) is 0 Å². The van der Waals surface area contributed by atoms with Gasteiger partial charge in [-0.1, -0.05) is 43.4 Å². The molecule has 1 amide bonds. The van der Waals surface area contributed by atoms with E-state index in [1.807, 2.05) is 0 Å². The number of ether oxygens (including phenoxy) is 1. The fourth-order valence-electron chi connectivity index (χ4n) is 3.40. The lowest BCUT2D eigenvalue weighted by Crippen LogP contribution is -2.40. The SMILES string of the molecule is COc1ccc(-c2ccc(Cl)c(C(=O)NC(O)C3CCCCCC3)c2)nn1. The lowest BCUT2D eigenvalue weighted by Gasteiger charge is -2.22. The molecule has 0 aliphatic heterocycles. The van der Waals surface area contributed by atoms with Crippen molar-refractivity contribution in [3.8, 4) is 17.1 Å². The molecule has 1 atom stereocenters. The van der Waals surface area contributed by atoms with Crippen LogP contribution in [-0.4, -0.2) is 34.5 Å². The van der Waals surface area contributed by atoms with Gasteiger partial charge in [-0.05, 0) is 31.0 Å². The van der Waals surface area contributed by atoms with Gasteiger partial charge >= 0.3 is 0 Å². The average molecular weight is 390 g/mol. The molecule has 1 unspecified atom stereocenters. The molecule has 1 aliphatic rings. The predicted octanol–water partition coefficient (Wildman–Crippen LogP) is 3.82. The summed E-state index contributed by atoms with van der Waals surface area (Å²) in [6, 6.07) is 8.55. The number of nitrogens with one attached hydrogen (secondary N) is 1. The Kier molecular flexibility index (Phi) is 6.63. The number of aromatic nitrogens is 2. The predicted molar refractivity (Wildman–Crippen MR) is 104 cm³/mol. The van der Waals surface area contributed by atoms with E-state index in [1.165, 1.54) is 20.0 Å². The van der Waals surface area contributed by atoms with Gasteiger partial charge < -0.3 is 15.2 Å². The van der Waals surface area contributed by atoms with E-state index in [2.05, 4.69) is 15.5 Å². The van der Waals surface area contributed by atoms with Crippen molar-refractivity contribution >= 4 is 17.5 Å². The Morgan fingerprint density at radius 1 is 1.19 bits per heavy atom. The van der Waals surface area contributed by atoms with Gasteiger partial charge in [0, 0.05) is 17.5 Å². The maximum Gasteiger partial charge on any atom is 0.254 e. The monoisotopic (exact) mass is 389 g/mol. The summed E-state index contributed by atoms with van der Waals surface area (Å²) in [6.07, 6.45) is 5.54. The van der Waals surface area contributed by atoms with E-state index < -0.39 is 6.23 Å². The van der Waals surface area contributed by atoms with Crippen molar-refractivity contribution < 1.29 is 14.6 Å². The minimum atomic E-state index is -0.865. The van der Waals surface area contributed by atoms with Gasteiger partial charge in [0.25, 0.3) is 5.91 Å². The zero-order valence-corrected chi connectivity index (χ0v) is 16.1. The summed E-state index contributed by atoms with van der Waals surface area (Å²) in [5.74, 6) is 0.114. The fourth-order valence-corrected chi connectivity index (χ4v) is 3.60. The summed E-state index contributed by atoms with van der Waals surface area (Å²) in [4.78, 5) is 12.7. The van der Waals surface area contributed by atoms with E-state index in [-0.39, 0.29) is 11.8 Å². The van der Waals surface area contributed by atoms with Crippen LogP contribution >= 0.6 is 11.6 Å². The third kappa shape index (κ3) is 4.96. The molecular formula is C20H24ClN3O3. The molecule has 2 aromatic rings. The van der Waals surface area contributed by atoms with Crippen molar-refractivity contribution in [2.24, 2.45) is 5.92 Å². The quantitative estimate of drug-likeness (QED) is 0.599. The van der Waals surface area contributed by atoms with Crippen molar-refractivity contribution in [2.45, 2.75) is 44.8 Å². The second-order valence-electron chi connectivity index (χ2n) is 6.83. The third-order valence-corrected chi connectivity index (χ3v) is 5.31. The van der Waals surface area contributed by atoms with Crippen LogP contribution < -0.4 is 10.1 Å². The standard InChI is InChI=1S/C20H24ClN3O3/c1-27-18-11-10-17(23-24-18)14-8-9-16(21)15(12-14)20(26)22-19(25)13-6-4-2-3-5-7-13/h8-13,19,25H,2-7H2,1H3,(H,22,26). The Bertz CT molecular complexity index is 775. The number of hydrogen-bond acceptors (Lipinski definition) is 5. The summed E-state index contributed by atoms with van der Waals surface area (Å²) < 4.78 is 5.01. The van der Waals surface area contributed by atoms with Crippen molar-refractivity contribution in [3.63, 3.8) is 0 Å². The average Bonchev–Trinajstić information content (AvgIpc) is 2.98. The van der Waals surface area contributed by atoms with Crippen LogP contribution in [0.25, 0.3) is 11.3 Å². The largest absolute Gasteiger partial charge is 0.480 e. The molecule has 0 bridgehead atoms. The fraction of sp³-hybridized carbons (Fsp3) is 0.450. The molecule has 1 aromatic carbocycles. The lowest BCUT2D eigenvalue weighted by atomic mass is 9.98. The summed E-state index contributed by atoms with van der Waals surface area (Å²) >= 11 is 6.22. The first-order chi connectivity index (χ1) is 13.1. The second kappa shape index (κ2) is 9.15. The van der Waals surface area contributed by atoms with Crippen LogP contribution in [0, 0.1) is 5.92 Å². The number of methoxy groups -OCH3 is 1. The van der Waals surface area contributed by atoms with Crippen LogP contribution in [0.1, 0.15) is 48.9 Å². The summed E-state index contributed by atoms with van der Waals surface area (Å²) in [6.45, 7) is 0.